The van der Waals surface area contributed by atoms with Crippen molar-refractivity contribution in [3.05, 3.63) is 78.3 Å². The van der Waals surface area contributed by atoms with Crippen molar-refractivity contribution in [2.75, 3.05) is 20.3 Å². The Morgan fingerprint density at radius 1 is 1.28 bits per heavy atom. The number of nitrogens with two attached hydrogens (primary N) is 2. The number of hydrogen-bond donors (Lipinski definition) is 2. The van der Waals surface area contributed by atoms with Gasteiger partial charge in [-0.2, -0.15) is 0 Å². The van der Waals surface area contributed by atoms with Crippen molar-refractivity contribution >= 4 is 23.1 Å². The first-order valence-electron chi connectivity index (χ1n) is 10.1. The number of hydrogen-bond acceptors (Lipinski definition) is 6. The highest BCUT2D eigenvalue weighted by molar-refractivity contribution is 6.10. The summed E-state index contributed by atoms with van der Waals surface area (Å²) in [5.74, 6) is 0.588. The number of carbonyl (C=O) groups is 1. The van der Waals surface area contributed by atoms with E-state index in [9.17, 15) is 9.18 Å². The fourth-order valence-corrected chi connectivity index (χ4v) is 3.93. The number of alkyl halides is 1. The summed E-state index contributed by atoms with van der Waals surface area (Å²) in [5, 5.41) is 4.62. The number of aliphatic imine (C=N–C) groups is 1. The Hall–Kier alpha value is -3.69. The summed E-state index contributed by atoms with van der Waals surface area (Å²) in [4.78, 5) is 21.5. The second kappa shape index (κ2) is 8.45. The Labute approximate surface area is 185 Å². The van der Waals surface area contributed by atoms with Crippen LogP contribution in [0.5, 0.6) is 5.75 Å². The van der Waals surface area contributed by atoms with Crippen molar-refractivity contribution in [3.63, 3.8) is 0 Å². The second-order valence-corrected chi connectivity index (χ2v) is 7.48. The topological polar surface area (TPSA) is 116 Å². The summed E-state index contributed by atoms with van der Waals surface area (Å²) in [5.41, 5.74) is 12.9. The molecular weight excluding hydrogens is 411 g/mol. The number of rotatable bonds is 6. The molecule has 1 aromatic carbocycles. The van der Waals surface area contributed by atoms with Crippen LogP contribution in [-0.4, -0.2) is 42.8 Å². The molecule has 2 unspecified atom stereocenters. The minimum atomic E-state index is -1.18. The van der Waals surface area contributed by atoms with Gasteiger partial charge in [0.1, 0.15) is 29.8 Å². The number of nitrogens with zero attached hydrogens (tertiary/aromatic N) is 4. The molecule has 0 aliphatic carbocycles. The minimum Gasteiger partial charge on any atom is -0.497 e. The first-order valence-corrected chi connectivity index (χ1v) is 10.1. The molecule has 9 heteroatoms. The van der Waals surface area contributed by atoms with Crippen LogP contribution in [0, 0.1) is 0 Å². The van der Waals surface area contributed by atoms with Gasteiger partial charge in [-0.15, -0.1) is 0 Å². The van der Waals surface area contributed by atoms with Crippen molar-refractivity contribution < 1.29 is 13.9 Å². The molecular formula is C23H24FN6O2+. The molecule has 2 aromatic rings. The van der Waals surface area contributed by atoms with Crippen molar-refractivity contribution in [2.45, 2.75) is 12.0 Å². The molecule has 1 aromatic heterocycles. The minimum absolute atomic E-state index is 0.0492. The zero-order chi connectivity index (χ0) is 22.8. The summed E-state index contributed by atoms with van der Waals surface area (Å²) in [6.07, 6.45) is 8.37. The van der Waals surface area contributed by atoms with Crippen LogP contribution >= 0.6 is 0 Å². The van der Waals surface area contributed by atoms with Gasteiger partial charge in [0.15, 0.2) is 5.69 Å². The lowest BCUT2D eigenvalue weighted by molar-refractivity contribution is -0.121. The zero-order valence-electron chi connectivity index (χ0n) is 17.6. The van der Waals surface area contributed by atoms with Crippen LogP contribution in [0.25, 0.3) is 0 Å². The molecule has 4 N–H and O–H groups in total. The van der Waals surface area contributed by atoms with Crippen LogP contribution in [-0.2, 0) is 16.8 Å². The summed E-state index contributed by atoms with van der Waals surface area (Å²) >= 11 is 0. The van der Waals surface area contributed by atoms with Gasteiger partial charge in [-0.25, -0.2) is 9.38 Å². The fraction of sp³-hybridized carbons (Fsp3) is 0.217. The summed E-state index contributed by atoms with van der Waals surface area (Å²) in [7, 11) is 1.57. The molecule has 2 aliphatic rings. The normalized spacial score (nSPS) is 24.2. The van der Waals surface area contributed by atoms with E-state index in [0.29, 0.717) is 23.0 Å². The number of amides is 1. The quantitative estimate of drug-likeness (QED) is 0.676. The van der Waals surface area contributed by atoms with Gasteiger partial charge in [0.05, 0.1) is 19.3 Å². The van der Waals surface area contributed by atoms with E-state index in [1.165, 1.54) is 0 Å². The average molecular weight is 435 g/mol. The first-order chi connectivity index (χ1) is 15.5. The second-order valence-electron chi connectivity index (χ2n) is 7.48. The molecule has 0 bridgehead atoms. The Kier molecular flexibility index (Phi) is 5.68. The van der Waals surface area contributed by atoms with Crippen molar-refractivity contribution in [2.24, 2.45) is 21.6 Å². The molecule has 2 atom stereocenters. The number of halogens is 1. The van der Waals surface area contributed by atoms with E-state index in [2.05, 4.69) is 10.1 Å². The van der Waals surface area contributed by atoms with E-state index in [4.69, 9.17) is 21.2 Å². The van der Waals surface area contributed by atoms with E-state index in [0.717, 1.165) is 5.56 Å². The molecule has 0 saturated heterocycles. The molecule has 0 fully saturated rings. The van der Waals surface area contributed by atoms with Gasteiger partial charge in [-0.3, -0.25) is 9.78 Å². The average Bonchev–Trinajstić information content (AvgIpc) is 3.29. The van der Waals surface area contributed by atoms with Gasteiger partial charge in [-0.1, -0.05) is 21.8 Å². The molecule has 4 rings (SSSR count). The van der Waals surface area contributed by atoms with Gasteiger partial charge < -0.3 is 16.2 Å². The monoisotopic (exact) mass is 435 g/mol. The molecule has 164 valence electrons. The third-order valence-corrected chi connectivity index (χ3v) is 5.70. The third-order valence-electron chi connectivity index (χ3n) is 5.70. The van der Waals surface area contributed by atoms with E-state index in [1.807, 2.05) is 12.1 Å². The Morgan fingerprint density at radius 2 is 2.12 bits per heavy atom. The highest BCUT2D eigenvalue weighted by Gasteiger charge is 2.46. The number of quaternary nitrogens is 1. The predicted molar refractivity (Wildman–Crippen MR) is 122 cm³/mol. The SMILES string of the molecule is COc1ccc([N+]2(C3=NCC(C(N)=O)(c4ccccn4)C=C3)C=CC(CF)=N2)c(CN)c1. The van der Waals surface area contributed by atoms with Crippen LogP contribution < -0.4 is 20.8 Å². The maximum atomic E-state index is 13.5. The predicted octanol–water partition coefficient (Wildman–Crippen LogP) is 2.10. The molecule has 8 nitrogen and oxygen atoms in total. The van der Waals surface area contributed by atoms with Gasteiger partial charge in [0, 0.05) is 36.5 Å². The fourth-order valence-electron chi connectivity index (χ4n) is 3.93. The molecule has 0 spiro atoms. The number of ether oxygens (including phenoxy) is 1. The largest absolute Gasteiger partial charge is 0.497 e. The van der Waals surface area contributed by atoms with Gasteiger partial charge in [0.2, 0.25) is 5.91 Å². The first kappa shape index (κ1) is 21.5. The molecule has 2 aliphatic heterocycles. The lowest BCUT2D eigenvalue weighted by atomic mass is 9.81. The summed E-state index contributed by atoms with van der Waals surface area (Å²) in [6.45, 7) is -0.453. The number of pyridine rings is 1. The smallest absolute Gasteiger partial charge is 0.259 e. The molecule has 1 amide bonds. The summed E-state index contributed by atoms with van der Waals surface area (Å²) < 4.78 is 18.6. The van der Waals surface area contributed by atoms with Crippen LogP contribution in [0.15, 0.2) is 77.1 Å². The number of benzene rings is 1. The lowest BCUT2D eigenvalue weighted by Gasteiger charge is -2.32. The summed E-state index contributed by atoms with van der Waals surface area (Å²) in [6, 6.07) is 10.7. The Bertz CT molecular complexity index is 1160. The zero-order valence-corrected chi connectivity index (χ0v) is 17.6. The van der Waals surface area contributed by atoms with E-state index in [1.54, 1.807) is 62.0 Å². The highest BCUT2D eigenvalue weighted by Crippen LogP contribution is 2.37. The Morgan fingerprint density at radius 3 is 2.69 bits per heavy atom. The van der Waals surface area contributed by atoms with Crippen molar-refractivity contribution in [1.82, 2.24) is 9.58 Å². The van der Waals surface area contributed by atoms with Crippen LogP contribution in [0.2, 0.25) is 0 Å². The number of methoxy groups -OCH3 is 1. The third kappa shape index (κ3) is 3.41. The van der Waals surface area contributed by atoms with E-state index in [-0.39, 0.29) is 23.4 Å². The van der Waals surface area contributed by atoms with Crippen LogP contribution in [0.3, 0.4) is 0 Å². The highest BCUT2D eigenvalue weighted by atomic mass is 19.1. The standard InChI is InChI=1S/C23H23FN6O2/c1-32-18-5-6-19(16(12-18)14-25)30(11-8-17(13-24)29-30)21-7-9-23(15-28-21,22(26)31)20-4-2-3-10-27-20/h2-12H,13-15,25H2,1H3,(H-,26,31)/p+1. The lowest BCUT2D eigenvalue weighted by Crippen LogP contribution is -2.49. The number of carbonyl (C=O) groups excluding carboxylic acids is 1. The molecule has 0 saturated carbocycles. The number of aromatic nitrogens is 1. The number of amidine groups is 1. The van der Waals surface area contributed by atoms with Crippen LogP contribution in [0.1, 0.15) is 11.3 Å². The van der Waals surface area contributed by atoms with Gasteiger partial charge in [0.25, 0.3) is 5.84 Å². The van der Waals surface area contributed by atoms with E-state index >= 15 is 0 Å². The van der Waals surface area contributed by atoms with Gasteiger partial charge >= 0.3 is 0 Å². The Balaban J connectivity index is 1.83. The molecule has 32 heavy (non-hydrogen) atoms. The number of allylic oxidation sites excluding steroid dienone is 1. The number of dihydropyridines is 1. The van der Waals surface area contributed by atoms with Crippen molar-refractivity contribution in [3.8, 4) is 5.75 Å². The van der Waals surface area contributed by atoms with Crippen molar-refractivity contribution in [1.29, 1.82) is 0 Å². The molecule has 0 radical (unpaired) electrons. The number of primary amides is 1. The van der Waals surface area contributed by atoms with Crippen LogP contribution in [0.4, 0.5) is 10.1 Å². The molecule has 3 heterocycles. The maximum Gasteiger partial charge on any atom is 0.259 e. The van der Waals surface area contributed by atoms with E-state index < -0.39 is 18.0 Å². The van der Waals surface area contributed by atoms with Gasteiger partial charge in [-0.05, 0) is 24.3 Å². The maximum absolute atomic E-state index is 13.5.